The molecule has 0 amide bonds. The van der Waals surface area contributed by atoms with Gasteiger partial charge < -0.3 is 9.84 Å². The Morgan fingerprint density at radius 1 is 1.44 bits per heavy atom. The van der Waals surface area contributed by atoms with Gasteiger partial charge in [0, 0.05) is 12.0 Å². The van der Waals surface area contributed by atoms with Gasteiger partial charge in [-0.05, 0) is 12.1 Å². The number of methoxy groups -OCH3 is 1. The molecule has 86 valence electrons. The molecule has 0 bridgehead atoms. The van der Waals surface area contributed by atoms with Gasteiger partial charge in [-0.3, -0.25) is 9.59 Å². The van der Waals surface area contributed by atoms with Gasteiger partial charge in [0.25, 0.3) is 0 Å². The Hall–Kier alpha value is -1.84. The Morgan fingerprint density at radius 2 is 2.12 bits per heavy atom. The highest BCUT2D eigenvalue weighted by Gasteiger charge is 2.17. The second-order valence-electron chi connectivity index (χ2n) is 3.60. The molecule has 0 saturated carbocycles. The van der Waals surface area contributed by atoms with Crippen molar-refractivity contribution in [2.75, 3.05) is 7.11 Å². The maximum Gasteiger partial charge on any atom is 0.306 e. The van der Waals surface area contributed by atoms with E-state index in [0.29, 0.717) is 11.3 Å². The molecule has 0 aliphatic rings. The minimum Gasteiger partial charge on any atom is -0.497 e. The van der Waals surface area contributed by atoms with E-state index in [1.807, 2.05) is 0 Å². The van der Waals surface area contributed by atoms with Crippen molar-refractivity contribution < 1.29 is 19.4 Å². The molecule has 0 aromatic heterocycles. The van der Waals surface area contributed by atoms with Crippen LogP contribution in [0.25, 0.3) is 0 Å². The van der Waals surface area contributed by atoms with Crippen molar-refractivity contribution in [1.82, 2.24) is 0 Å². The van der Waals surface area contributed by atoms with Crippen molar-refractivity contribution in [2.45, 2.75) is 13.3 Å². The standard InChI is InChI=1S/C12H14O4/c1-8(12(14)15)6-11(13)9-4-3-5-10(7-9)16-2/h3-5,7-8H,6H2,1-2H3,(H,14,15). The lowest BCUT2D eigenvalue weighted by Crippen LogP contribution is -2.14. The van der Waals surface area contributed by atoms with Crippen LogP contribution in [0.5, 0.6) is 5.75 Å². The fraction of sp³-hybridized carbons (Fsp3) is 0.333. The van der Waals surface area contributed by atoms with Crippen LogP contribution in [-0.4, -0.2) is 24.0 Å². The molecule has 0 heterocycles. The summed E-state index contributed by atoms with van der Waals surface area (Å²) in [5, 5.41) is 8.70. The van der Waals surface area contributed by atoms with Crippen LogP contribution in [0.4, 0.5) is 0 Å². The van der Waals surface area contributed by atoms with Gasteiger partial charge in [-0.1, -0.05) is 19.1 Å². The molecular formula is C12H14O4. The first kappa shape index (κ1) is 12.2. The summed E-state index contributed by atoms with van der Waals surface area (Å²) in [5.74, 6) is -1.22. The second-order valence-corrected chi connectivity index (χ2v) is 3.60. The minimum atomic E-state index is -0.962. The van der Waals surface area contributed by atoms with E-state index in [4.69, 9.17) is 9.84 Å². The molecule has 4 heteroatoms. The average molecular weight is 222 g/mol. The number of rotatable bonds is 5. The third kappa shape index (κ3) is 3.08. The number of carbonyl (C=O) groups is 2. The van der Waals surface area contributed by atoms with Crippen LogP contribution in [-0.2, 0) is 4.79 Å². The minimum absolute atomic E-state index is 0.00248. The number of carboxylic acid groups (broad SMARTS) is 1. The predicted molar refractivity (Wildman–Crippen MR) is 58.7 cm³/mol. The van der Waals surface area contributed by atoms with E-state index in [1.54, 1.807) is 24.3 Å². The van der Waals surface area contributed by atoms with Gasteiger partial charge in [0.05, 0.1) is 13.0 Å². The topological polar surface area (TPSA) is 63.6 Å². The highest BCUT2D eigenvalue weighted by Crippen LogP contribution is 2.16. The van der Waals surface area contributed by atoms with Crippen molar-refractivity contribution in [1.29, 1.82) is 0 Å². The molecule has 1 N–H and O–H groups in total. The molecule has 0 aliphatic heterocycles. The highest BCUT2D eigenvalue weighted by molar-refractivity contribution is 5.98. The maximum atomic E-state index is 11.7. The van der Waals surface area contributed by atoms with Crippen LogP contribution in [0.1, 0.15) is 23.7 Å². The monoisotopic (exact) mass is 222 g/mol. The number of hydrogen-bond donors (Lipinski definition) is 1. The normalized spacial score (nSPS) is 11.9. The first-order chi connectivity index (χ1) is 7.54. The molecule has 0 saturated heterocycles. The van der Waals surface area contributed by atoms with Crippen molar-refractivity contribution >= 4 is 11.8 Å². The van der Waals surface area contributed by atoms with Crippen LogP contribution < -0.4 is 4.74 Å². The van der Waals surface area contributed by atoms with Crippen molar-refractivity contribution in [3.8, 4) is 5.75 Å². The van der Waals surface area contributed by atoms with Crippen molar-refractivity contribution in [2.24, 2.45) is 5.92 Å². The third-order valence-electron chi connectivity index (χ3n) is 2.30. The Morgan fingerprint density at radius 3 is 2.69 bits per heavy atom. The van der Waals surface area contributed by atoms with Crippen LogP contribution >= 0.6 is 0 Å². The molecule has 1 rings (SSSR count). The van der Waals surface area contributed by atoms with E-state index < -0.39 is 11.9 Å². The van der Waals surface area contributed by atoms with Gasteiger partial charge in [-0.25, -0.2) is 0 Å². The fourth-order valence-electron chi connectivity index (χ4n) is 1.28. The molecular weight excluding hydrogens is 208 g/mol. The van der Waals surface area contributed by atoms with Crippen LogP contribution in [0.3, 0.4) is 0 Å². The van der Waals surface area contributed by atoms with Gasteiger partial charge in [0.2, 0.25) is 0 Å². The summed E-state index contributed by atoms with van der Waals surface area (Å²) >= 11 is 0. The summed E-state index contributed by atoms with van der Waals surface area (Å²) in [5.41, 5.74) is 0.479. The first-order valence-electron chi connectivity index (χ1n) is 4.94. The summed E-state index contributed by atoms with van der Waals surface area (Å²) in [4.78, 5) is 22.3. The Bertz CT molecular complexity index is 398. The van der Waals surface area contributed by atoms with Crippen molar-refractivity contribution in [3.63, 3.8) is 0 Å². The number of ketones is 1. The van der Waals surface area contributed by atoms with Gasteiger partial charge in [0.1, 0.15) is 5.75 Å². The summed E-state index contributed by atoms with van der Waals surface area (Å²) in [6.07, 6.45) is 0.00248. The summed E-state index contributed by atoms with van der Waals surface area (Å²) in [6, 6.07) is 6.70. The smallest absolute Gasteiger partial charge is 0.306 e. The Balaban J connectivity index is 2.76. The van der Waals surface area contributed by atoms with Crippen LogP contribution in [0, 0.1) is 5.92 Å². The number of carbonyl (C=O) groups excluding carboxylic acids is 1. The quantitative estimate of drug-likeness (QED) is 0.774. The van der Waals surface area contributed by atoms with Gasteiger partial charge >= 0.3 is 5.97 Å². The maximum absolute atomic E-state index is 11.7. The number of benzene rings is 1. The van der Waals surface area contributed by atoms with Gasteiger partial charge in [-0.2, -0.15) is 0 Å². The van der Waals surface area contributed by atoms with Crippen LogP contribution in [0.15, 0.2) is 24.3 Å². The van der Waals surface area contributed by atoms with E-state index in [0.717, 1.165) is 0 Å². The summed E-state index contributed by atoms with van der Waals surface area (Å²) in [6.45, 7) is 1.51. The molecule has 4 nitrogen and oxygen atoms in total. The molecule has 1 unspecified atom stereocenters. The Labute approximate surface area is 93.9 Å². The molecule has 1 atom stereocenters. The number of carboxylic acids is 1. The zero-order valence-corrected chi connectivity index (χ0v) is 9.27. The molecule has 0 aliphatic carbocycles. The molecule has 0 radical (unpaired) electrons. The summed E-state index contributed by atoms with van der Waals surface area (Å²) < 4.78 is 4.99. The van der Waals surface area contributed by atoms with Gasteiger partial charge in [-0.15, -0.1) is 0 Å². The average Bonchev–Trinajstić information content (AvgIpc) is 2.28. The Kier molecular flexibility index (Phi) is 4.05. The van der Waals surface area contributed by atoms with E-state index in [9.17, 15) is 9.59 Å². The molecule has 1 aromatic rings. The van der Waals surface area contributed by atoms with E-state index >= 15 is 0 Å². The third-order valence-corrected chi connectivity index (χ3v) is 2.30. The number of aliphatic carboxylic acids is 1. The lowest BCUT2D eigenvalue weighted by atomic mass is 10.00. The zero-order chi connectivity index (χ0) is 12.1. The SMILES string of the molecule is COc1cccc(C(=O)CC(C)C(=O)O)c1. The van der Waals surface area contributed by atoms with E-state index in [2.05, 4.69) is 0 Å². The van der Waals surface area contributed by atoms with Gasteiger partial charge in [0.15, 0.2) is 5.78 Å². The predicted octanol–water partition coefficient (Wildman–Crippen LogP) is 1.99. The fourth-order valence-corrected chi connectivity index (χ4v) is 1.28. The first-order valence-corrected chi connectivity index (χ1v) is 4.94. The lowest BCUT2D eigenvalue weighted by Gasteiger charge is -2.06. The zero-order valence-electron chi connectivity index (χ0n) is 9.27. The van der Waals surface area contributed by atoms with E-state index in [-0.39, 0.29) is 12.2 Å². The number of ether oxygens (including phenoxy) is 1. The molecule has 0 fully saturated rings. The van der Waals surface area contributed by atoms with Crippen molar-refractivity contribution in [3.05, 3.63) is 29.8 Å². The molecule has 1 aromatic carbocycles. The second kappa shape index (κ2) is 5.30. The number of hydrogen-bond acceptors (Lipinski definition) is 3. The largest absolute Gasteiger partial charge is 0.497 e. The molecule has 0 spiro atoms. The highest BCUT2D eigenvalue weighted by atomic mass is 16.5. The summed E-state index contributed by atoms with van der Waals surface area (Å²) in [7, 11) is 1.52. The van der Waals surface area contributed by atoms with Crippen LogP contribution in [0.2, 0.25) is 0 Å². The van der Waals surface area contributed by atoms with E-state index in [1.165, 1.54) is 14.0 Å². The number of Topliss-reactive ketones (excluding diaryl/α,β-unsaturated/α-hetero) is 1. The molecule has 16 heavy (non-hydrogen) atoms. The lowest BCUT2D eigenvalue weighted by molar-refractivity contribution is -0.141.